The molecule has 0 unspecified atom stereocenters. The first-order valence-electron chi connectivity index (χ1n) is 4.04. The minimum atomic E-state index is 0.737. The minimum absolute atomic E-state index is 0.737. The topological polar surface area (TPSA) is 9.23 Å². The molecular weight excluding hydrogens is 136 g/mol. The molecule has 0 amide bonds. The highest BCUT2D eigenvalue weighted by molar-refractivity contribution is 4.91. The molecule has 0 atom stereocenters. The van der Waals surface area contributed by atoms with E-state index in [0.29, 0.717) is 0 Å². The Hall–Kier alpha value is -0.720. The highest BCUT2D eigenvalue weighted by Gasteiger charge is 1.83. The predicted molar refractivity (Wildman–Crippen MR) is 51.3 cm³/mol. The van der Waals surface area contributed by atoms with Crippen molar-refractivity contribution in [2.24, 2.45) is 0 Å². The second kappa shape index (κ2) is 9.28. The number of hydrogen-bond acceptors (Lipinski definition) is 1. The van der Waals surface area contributed by atoms with E-state index in [9.17, 15) is 0 Å². The number of ether oxygens (including phenoxy) is 1. The van der Waals surface area contributed by atoms with E-state index in [1.54, 1.807) is 0 Å². The molecular formula is C10H20O. The van der Waals surface area contributed by atoms with Gasteiger partial charge in [-0.3, -0.25) is 0 Å². The van der Waals surface area contributed by atoms with Gasteiger partial charge in [0.2, 0.25) is 0 Å². The summed E-state index contributed by atoms with van der Waals surface area (Å²) in [6, 6.07) is 0. The van der Waals surface area contributed by atoms with Crippen molar-refractivity contribution < 1.29 is 4.74 Å². The zero-order valence-electron chi connectivity index (χ0n) is 8.40. The Morgan fingerprint density at radius 3 is 1.82 bits per heavy atom. The second-order valence-corrected chi connectivity index (χ2v) is 2.41. The molecule has 0 N–H and O–H groups in total. The summed E-state index contributed by atoms with van der Waals surface area (Å²) < 4.78 is 5.07. The van der Waals surface area contributed by atoms with Crippen LogP contribution in [0.2, 0.25) is 0 Å². The van der Waals surface area contributed by atoms with Crippen LogP contribution in [0.25, 0.3) is 0 Å². The maximum atomic E-state index is 5.07. The van der Waals surface area contributed by atoms with E-state index in [2.05, 4.69) is 20.4 Å². The lowest BCUT2D eigenvalue weighted by Crippen LogP contribution is -1.81. The van der Waals surface area contributed by atoms with Crippen LogP contribution in [0.5, 0.6) is 0 Å². The van der Waals surface area contributed by atoms with Gasteiger partial charge in [0, 0.05) is 0 Å². The lowest BCUT2D eigenvalue weighted by atomic mass is 10.5. The van der Waals surface area contributed by atoms with E-state index in [1.807, 2.05) is 26.8 Å². The van der Waals surface area contributed by atoms with Gasteiger partial charge in [-0.25, -0.2) is 0 Å². The molecule has 0 fully saturated rings. The van der Waals surface area contributed by atoms with Crippen LogP contribution in [0, 0.1) is 0 Å². The Morgan fingerprint density at radius 1 is 1.36 bits per heavy atom. The lowest BCUT2D eigenvalue weighted by Gasteiger charge is -2.01. The van der Waals surface area contributed by atoms with Crippen LogP contribution >= 0.6 is 0 Å². The maximum Gasteiger partial charge on any atom is 0.0962 e. The molecule has 0 aromatic carbocycles. The Kier molecular flexibility index (Phi) is 10.9. The SMILES string of the molecule is C=C(C)O/C(C)=C\C.CCC. The molecule has 0 saturated carbocycles. The summed E-state index contributed by atoms with van der Waals surface area (Å²) in [5.74, 6) is 1.64. The molecule has 66 valence electrons. The van der Waals surface area contributed by atoms with Crippen molar-refractivity contribution in [3.05, 3.63) is 24.2 Å². The summed E-state index contributed by atoms with van der Waals surface area (Å²) in [5, 5.41) is 0. The van der Waals surface area contributed by atoms with Crippen molar-refractivity contribution in [1.82, 2.24) is 0 Å². The second-order valence-electron chi connectivity index (χ2n) is 2.41. The molecule has 0 aliphatic carbocycles. The largest absolute Gasteiger partial charge is 0.468 e. The molecule has 11 heavy (non-hydrogen) atoms. The minimum Gasteiger partial charge on any atom is -0.468 e. The fourth-order valence-electron chi connectivity index (χ4n) is 0.334. The summed E-state index contributed by atoms with van der Waals surface area (Å²) in [7, 11) is 0. The molecule has 0 spiro atoms. The monoisotopic (exact) mass is 156 g/mol. The molecule has 0 aromatic heterocycles. The molecule has 0 aliphatic rings. The van der Waals surface area contributed by atoms with Gasteiger partial charge in [0.05, 0.1) is 11.5 Å². The van der Waals surface area contributed by atoms with Gasteiger partial charge in [0.15, 0.2) is 0 Å². The van der Waals surface area contributed by atoms with Crippen molar-refractivity contribution in [3.63, 3.8) is 0 Å². The van der Waals surface area contributed by atoms with Crippen LogP contribution in [0.3, 0.4) is 0 Å². The number of hydrogen-bond donors (Lipinski definition) is 0. The average molecular weight is 156 g/mol. The molecule has 0 heterocycles. The van der Waals surface area contributed by atoms with Crippen molar-refractivity contribution in [1.29, 1.82) is 0 Å². The third-order valence-corrected chi connectivity index (χ3v) is 0.742. The number of rotatable bonds is 2. The van der Waals surface area contributed by atoms with E-state index >= 15 is 0 Å². The summed E-state index contributed by atoms with van der Waals surface area (Å²) in [6.07, 6.45) is 3.15. The van der Waals surface area contributed by atoms with Gasteiger partial charge < -0.3 is 4.74 Å². The van der Waals surface area contributed by atoms with Crippen LogP contribution in [-0.2, 0) is 4.74 Å². The van der Waals surface area contributed by atoms with E-state index in [0.717, 1.165) is 11.5 Å². The molecule has 0 aliphatic heterocycles. The standard InChI is InChI=1S/C7H12O.C3H8/c1-5-7(4)8-6(2)3;1-3-2/h5H,2H2,1,3-4H3;3H2,1-2H3/b7-5-;. The summed E-state index contributed by atoms with van der Waals surface area (Å²) >= 11 is 0. The van der Waals surface area contributed by atoms with Gasteiger partial charge in [0.25, 0.3) is 0 Å². The highest BCUT2D eigenvalue weighted by Crippen LogP contribution is 2.00. The number of allylic oxidation sites excluding steroid dienone is 3. The quantitative estimate of drug-likeness (QED) is 0.551. The first kappa shape index (κ1) is 12.9. The fourth-order valence-corrected chi connectivity index (χ4v) is 0.334. The fraction of sp³-hybridized carbons (Fsp3) is 0.600. The lowest BCUT2D eigenvalue weighted by molar-refractivity contribution is 0.310. The van der Waals surface area contributed by atoms with Crippen LogP contribution < -0.4 is 0 Å². The molecule has 1 heteroatoms. The zero-order chi connectivity index (χ0) is 9.28. The van der Waals surface area contributed by atoms with Gasteiger partial charge >= 0.3 is 0 Å². The molecule has 0 saturated heterocycles. The first-order chi connectivity index (χ1) is 5.08. The van der Waals surface area contributed by atoms with E-state index in [4.69, 9.17) is 4.74 Å². The first-order valence-corrected chi connectivity index (χ1v) is 4.04. The van der Waals surface area contributed by atoms with Gasteiger partial charge in [-0.05, 0) is 26.8 Å². The normalized spacial score (nSPS) is 9.73. The van der Waals surface area contributed by atoms with Crippen LogP contribution in [0.1, 0.15) is 41.0 Å². The van der Waals surface area contributed by atoms with Crippen LogP contribution in [0.15, 0.2) is 24.2 Å². The van der Waals surface area contributed by atoms with Crippen LogP contribution in [-0.4, -0.2) is 0 Å². The molecule has 0 rings (SSSR count). The van der Waals surface area contributed by atoms with Gasteiger partial charge in [0.1, 0.15) is 0 Å². The Labute approximate surface area is 70.8 Å². The summed E-state index contributed by atoms with van der Waals surface area (Å²) in [6.45, 7) is 13.5. The predicted octanol–water partition coefficient (Wildman–Crippen LogP) is 3.88. The maximum absolute atomic E-state index is 5.07. The molecule has 1 nitrogen and oxygen atoms in total. The van der Waals surface area contributed by atoms with Crippen LogP contribution in [0.4, 0.5) is 0 Å². The van der Waals surface area contributed by atoms with Crippen molar-refractivity contribution >= 4 is 0 Å². The Balaban J connectivity index is 0. The molecule has 0 radical (unpaired) electrons. The van der Waals surface area contributed by atoms with E-state index in [-0.39, 0.29) is 0 Å². The highest BCUT2D eigenvalue weighted by atomic mass is 16.5. The van der Waals surface area contributed by atoms with Crippen molar-refractivity contribution in [2.45, 2.75) is 41.0 Å². The Bertz CT molecular complexity index is 123. The molecule has 0 bridgehead atoms. The van der Waals surface area contributed by atoms with E-state index in [1.165, 1.54) is 6.42 Å². The van der Waals surface area contributed by atoms with Crippen molar-refractivity contribution in [3.8, 4) is 0 Å². The van der Waals surface area contributed by atoms with Gasteiger partial charge in [-0.1, -0.05) is 26.8 Å². The third kappa shape index (κ3) is 17.6. The Morgan fingerprint density at radius 2 is 1.73 bits per heavy atom. The summed E-state index contributed by atoms with van der Waals surface area (Å²) in [5.41, 5.74) is 0. The smallest absolute Gasteiger partial charge is 0.0962 e. The third-order valence-electron chi connectivity index (χ3n) is 0.742. The molecule has 0 aromatic rings. The zero-order valence-corrected chi connectivity index (χ0v) is 8.40. The van der Waals surface area contributed by atoms with Gasteiger partial charge in [-0.2, -0.15) is 0 Å². The van der Waals surface area contributed by atoms with E-state index < -0.39 is 0 Å². The van der Waals surface area contributed by atoms with Gasteiger partial charge in [-0.15, -0.1) is 0 Å². The summed E-state index contributed by atoms with van der Waals surface area (Å²) in [4.78, 5) is 0. The van der Waals surface area contributed by atoms with Crippen molar-refractivity contribution in [2.75, 3.05) is 0 Å². The average Bonchev–Trinajstić information content (AvgIpc) is 1.88.